The molecule has 1 aromatic carbocycles. The Morgan fingerprint density at radius 3 is 2.42 bits per heavy atom. The molecule has 0 aliphatic heterocycles. The van der Waals surface area contributed by atoms with Crippen LogP contribution in [0.3, 0.4) is 0 Å². The highest BCUT2D eigenvalue weighted by atomic mass is 16.1. The first-order chi connectivity index (χ1) is 11.3. The number of carbonyl (C=O) groups excluding carboxylic acids is 1. The fourth-order valence-electron chi connectivity index (χ4n) is 2.13. The Balaban J connectivity index is 2.22. The van der Waals surface area contributed by atoms with E-state index in [-0.39, 0.29) is 17.4 Å². The summed E-state index contributed by atoms with van der Waals surface area (Å²) >= 11 is 0. The lowest BCUT2D eigenvalue weighted by molar-refractivity contribution is 0.0922. The largest absolute Gasteiger partial charge is 0.338 e. The standard InChI is InChI=1S/C21H24N2O/c1-15-13-18(14-22-16(15)2)20(24)23-19(21(3,4)5)12-11-17-9-7-6-8-10-17/h6-10,13-14,19H,1-5H3,(H,23,24). The second-order valence-electron chi connectivity index (χ2n) is 7.03. The molecule has 3 nitrogen and oxygen atoms in total. The molecule has 0 aliphatic carbocycles. The molecule has 0 aliphatic rings. The molecule has 1 aromatic heterocycles. The van der Waals surface area contributed by atoms with Gasteiger partial charge in [-0.05, 0) is 43.0 Å². The Morgan fingerprint density at radius 2 is 1.83 bits per heavy atom. The van der Waals surface area contributed by atoms with Crippen LogP contribution in [0.4, 0.5) is 0 Å². The second kappa shape index (κ2) is 7.31. The monoisotopic (exact) mass is 320 g/mol. The molecule has 0 spiro atoms. The highest BCUT2D eigenvalue weighted by molar-refractivity contribution is 5.94. The molecular weight excluding hydrogens is 296 g/mol. The number of hydrogen-bond acceptors (Lipinski definition) is 2. The van der Waals surface area contributed by atoms with Gasteiger partial charge in [-0.25, -0.2) is 0 Å². The van der Waals surface area contributed by atoms with Crippen molar-refractivity contribution in [3.8, 4) is 11.8 Å². The minimum Gasteiger partial charge on any atom is -0.338 e. The van der Waals surface area contributed by atoms with Crippen LogP contribution in [0, 0.1) is 31.1 Å². The molecule has 0 saturated heterocycles. The fourth-order valence-corrected chi connectivity index (χ4v) is 2.13. The summed E-state index contributed by atoms with van der Waals surface area (Å²) in [4.78, 5) is 16.8. The number of hydrogen-bond donors (Lipinski definition) is 1. The van der Waals surface area contributed by atoms with Crippen molar-refractivity contribution in [2.45, 2.75) is 40.7 Å². The lowest BCUT2D eigenvalue weighted by Crippen LogP contribution is -2.42. The van der Waals surface area contributed by atoms with Crippen LogP contribution in [-0.2, 0) is 0 Å². The number of aryl methyl sites for hydroxylation is 2. The third kappa shape index (κ3) is 4.70. The van der Waals surface area contributed by atoms with Crippen molar-refractivity contribution in [1.29, 1.82) is 0 Å². The SMILES string of the molecule is Cc1cc(C(=O)NC(C#Cc2ccccc2)C(C)(C)C)cnc1C. The Bertz CT molecular complexity index is 777. The lowest BCUT2D eigenvalue weighted by atomic mass is 9.86. The third-order valence-electron chi connectivity index (χ3n) is 3.88. The maximum absolute atomic E-state index is 12.6. The van der Waals surface area contributed by atoms with Gasteiger partial charge < -0.3 is 5.32 Å². The summed E-state index contributed by atoms with van der Waals surface area (Å²) in [6.07, 6.45) is 1.61. The minimum absolute atomic E-state index is 0.145. The minimum atomic E-state index is -0.258. The van der Waals surface area contributed by atoms with Gasteiger partial charge in [0.15, 0.2) is 0 Å². The van der Waals surface area contributed by atoms with Gasteiger partial charge >= 0.3 is 0 Å². The molecule has 1 atom stereocenters. The number of rotatable bonds is 2. The van der Waals surface area contributed by atoms with Crippen LogP contribution in [0.1, 0.15) is 48.0 Å². The van der Waals surface area contributed by atoms with E-state index in [1.807, 2.05) is 50.2 Å². The van der Waals surface area contributed by atoms with Crippen molar-refractivity contribution >= 4 is 5.91 Å². The highest BCUT2D eigenvalue weighted by Crippen LogP contribution is 2.19. The first-order valence-corrected chi connectivity index (χ1v) is 8.08. The van der Waals surface area contributed by atoms with Crippen LogP contribution in [-0.4, -0.2) is 16.9 Å². The van der Waals surface area contributed by atoms with E-state index in [9.17, 15) is 4.79 Å². The summed E-state index contributed by atoms with van der Waals surface area (Å²) in [5.74, 6) is 6.20. The van der Waals surface area contributed by atoms with Gasteiger partial charge in [-0.15, -0.1) is 0 Å². The zero-order chi connectivity index (χ0) is 17.7. The summed E-state index contributed by atoms with van der Waals surface area (Å²) in [6, 6.07) is 11.4. The maximum atomic E-state index is 12.6. The van der Waals surface area contributed by atoms with Crippen LogP contribution >= 0.6 is 0 Å². The lowest BCUT2D eigenvalue weighted by Gasteiger charge is -2.27. The molecule has 1 heterocycles. The molecule has 24 heavy (non-hydrogen) atoms. The van der Waals surface area contributed by atoms with Crippen LogP contribution in [0.5, 0.6) is 0 Å². The molecule has 124 valence electrons. The molecule has 1 amide bonds. The Labute approximate surface area is 144 Å². The van der Waals surface area contributed by atoms with E-state index in [0.29, 0.717) is 5.56 Å². The number of benzene rings is 1. The van der Waals surface area contributed by atoms with Crippen molar-refractivity contribution in [3.05, 3.63) is 65.0 Å². The predicted molar refractivity (Wildman–Crippen MR) is 97.7 cm³/mol. The smallest absolute Gasteiger partial charge is 0.253 e. The fraction of sp³-hybridized carbons (Fsp3) is 0.333. The summed E-state index contributed by atoms with van der Waals surface area (Å²) in [7, 11) is 0. The topological polar surface area (TPSA) is 42.0 Å². The van der Waals surface area contributed by atoms with Crippen molar-refractivity contribution < 1.29 is 4.79 Å². The van der Waals surface area contributed by atoms with E-state index < -0.39 is 0 Å². The summed E-state index contributed by atoms with van der Waals surface area (Å²) in [5, 5.41) is 3.04. The quantitative estimate of drug-likeness (QED) is 0.853. The average Bonchev–Trinajstić information content (AvgIpc) is 2.53. The van der Waals surface area contributed by atoms with Crippen molar-refractivity contribution in [2.75, 3.05) is 0 Å². The van der Waals surface area contributed by atoms with Crippen molar-refractivity contribution in [3.63, 3.8) is 0 Å². The van der Waals surface area contributed by atoms with Crippen LogP contribution < -0.4 is 5.32 Å². The molecule has 0 fully saturated rings. The van der Waals surface area contributed by atoms with E-state index >= 15 is 0 Å². The molecule has 2 rings (SSSR count). The molecule has 0 saturated carbocycles. The van der Waals surface area contributed by atoms with Gasteiger partial charge in [0.25, 0.3) is 5.91 Å². The molecule has 1 unspecified atom stereocenters. The van der Waals surface area contributed by atoms with Crippen LogP contribution in [0.15, 0.2) is 42.6 Å². The molecule has 3 heteroatoms. The number of nitrogens with zero attached hydrogens (tertiary/aromatic N) is 1. The Hall–Kier alpha value is -2.60. The molecule has 2 aromatic rings. The Morgan fingerprint density at radius 1 is 1.17 bits per heavy atom. The van der Waals surface area contributed by atoms with Crippen molar-refractivity contribution in [2.24, 2.45) is 5.41 Å². The predicted octanol–water partition coefficient (Wildman–Crippen LogP) is 3.89. The summed E-state index contributed by atoms with van der Waals surface area (Å²) in [6.45, 7) is 10.1. The van der Waals surface area contributed by atoms with Gasteiger partial charge in [0.2, 0.25) is 0 Å². The zero-order valence-electron chi connectivity index (χ0n) is 15.0. The number of aromatic nitrogens is 1. The van der Waals surface area contributed by atoms with Gasteiger partial charge in [-0.2, -0.15) is 0 Å². The van der Waals surface area contributed by atoms with Gasteiger partial charge in [0.1, 0.15) is 0 Å². The maximum Gasteiger partial charge on any atom is 0.253 e. The molecule has 1 N–H and O–H groups in total. The summed E-state index contributed by atoms with van der Waals surface area (Å²) < 4.78 is 0. The summed E-state index contributed by atoms with van der Waals surface area (Å²) in [5.41, 5.74) is 3.26. The Kier molecular flexibility index (Phi) is 5.41. The van der Waals surface area contributed by atoms with Crippen LogP contribution in [0.25, 0.3) is 0 Å². The first kappa shape index (κ1) is 17.7. The number of carbonyl (C=O) groups is 1. The van der Waals surface area contributed by atoms with Crippen molar-refractivity contribution in [1.82, 2.24) is 10.3 Å². The number of pyridine rings is 1. The molecule has 0 radical (unpaired) electrons. The average molecular weight is 320 g/mol. The van der Waals surface area contributed by atoms with E-state index in [2.05, 4.69) is 42.9 Å². The van der Waals surface area contributed by atoms with Gasteiger partial charge in [-0.1, -0.05) is 50.8 Å². The third-order valence-corrected chi connectivity index (χ3v) is 3.88. The number of amides is 1. The van der Waals surface area contributed by atoms with Gasteiger partial charge in [0.05, 0.1) is 11.6 Å². The first-order valence-electron chi connectivity index (χ1n) is 8.08. The zero-order valence-corrected chi connectivity index (χ0v) is 15.0. The molecule has 0 bridgehead atoms. The van der Waals surface area contributed by atoms with Gasteiger partial charge in [0, 0.05) is 17.5 Å². The van der Waals surface area contributed by atoms with E-state index in [1.165, 1.54) is 0 Å². The second-order valence-corrected chi connectivity index (χ2v) is 7.03. The van der Waals surface area contributed by atoms with E-state index in [4.69, 9.17) is 0 Å². The van der Waals surface area contributed by atoms with E-state index in [0.717, 1.165) is 16.8 Å². The van der Waals surface area contributed by atoms with Gasteiger partial charge in [-0.3, -0.25) is 9.78 Å². The van der Waals surface area contributed by atoms with Crippen LogP contribution in [0.2, 0.25) is 0 Å². The highest BCUT2D eigenvalue weighted by Gasteiger charge is 2.25. The van der Waals surface area contributed by atoms with E-state index in [1.54, 1.807) is 6.20 Å². The normalized spacial score (nSPS) is 12.0. The number of nitrogens with one attached hydrogen (secondary N) is 1. The molecular formula is C21H24N2O.